The van der Waals surface area contributed by atoms with Crippen molar-refractivity contribution in [1.29, 1.82) is 0 Å². The van der Waals surface area contributed by atoms with Crippen molar-refractivity contribution in [2.24, 2.45) is 40.4 Å². The van der Waals surface area contributed by atoms with E-state index >= 15 is 0 Å². The molecule has 0 aromatic carbocycles. The molecule has 0 saturated heterocycles. The Bertz CT molecular complexity index is 704. The third-order valence-corrected chi connectivity index (χ3v) is 11.4. The van der Waals surface area contributed by atoms with E-state index < -0.39 is 0 Å². The van der Waals surface area contributed by atoms with Crippen LogP contribution < -0.4 is 0 Å². The average molecular weight is 447 g/mol. The van der Waals surface area contributed by atoms with Crippen LogP contribution in [0.5, 0.6) is 0 Å². The van der Waals surface area contributed by atoms with Crippen molar-refractivity contribution in [3.8, 4) is 0 Å². The molecule has 0 aromatic heterocycles. The Balaban J connectivity index is 1.46. The van der Waals surface area contributed by atoms with E-state index in [0.29, 0.717) is 17.4 Å². The number of nitrogens with zero attached hydrogens (tertiary/aromatic N) is 2. The topological polar surface area (TPSA) is 32.8 Å². The van der Waals surface area contributed by atoms with Crippen molar-refractivity contribution in [3.05, 3.63) is 0 Å². The minimum Gasteiger partial charge on any atom is -0.461 e. The molecule has 4 aliphatic rings. The lowest BCUT2D eigenvalue weighted by molar-refractivity contribution is -0.164. The summed E-state index contributed by atoms with van der Waals surface area (Å²) in [4.78, 5) is 16.6. The summed E-state index contributed by atoms with van der Waals surface area (Å²) >= 11 is 0. The fourth-order valence-electron chi connectivity index (χ4n) is 9.28. The zero-order valence-electron chi connectivity index (χ0n) is 22.2. The van der Waals surface area contributed by atoms with Crippen LogP contribution in [0.4, 0.5) is 0 Å². The first-order valence-electron chi connectivity index (χ1n) is 13.4. The van der Waals surface area contributed by atoms with Gasteiger partial charge in [-0.3, -0.25) is 9.69 Å². The molecule has 0 heterocycles. The van der Waals surface area contributed by atoms with Crippen LogP contribution in [0.1, 0.15) is 85.5 Å². The maximum atomic E-state index is 12.2. The van der Waals surface area contributed by atoms with Gasteiger partial charge in [0.1, 0.15) is 6.10 Å². The van der Waals surface area contributed by atoms with Gasteiger partial charge < -0.3 is 9.64 Å². The molecule has 0 unspecified atom stereocenters. The van der Waals surface area contributed by atoms with Crippen LogP contribution in [0.15, 0.2) is 0 Å². The Labute approximate surface area is 197 Å². The maximum absolute atomic E-state index is 12.2. The Morgan fingerprint density at radius 2 is 1.56 bits per heavy atom. The molecule has 4 saturated carbocycles. The minimum absolute atomic E-state index is 0.0498. The largest absolute Gasteiger partial charge is 0.461 e. The number of likely N-dealkylation sites (N-methyl/N-ethyl adjacent to an activating group) is 1. The fourth-order valence-corrected chi connectivity index (χ4v) is 9.28. The van der Waals surface area contributed by atoms with Crippen molar-refractivity contribution in [2.45, 2.75) is 97.1 Å². The number of carbonyl (C=O) groups excluding carboxylic acids is 1. The van der Waals surface area contributed by atoms with Crippen molar-refractivity contribution < 1.29 is 9.53 Å². The molecule has 4 heteroatoms. The Hall–Kier alpha value is -0.610. The van der Waals surface area contributed by atoms with E-state index in [-0.39, 0.29) is 17.6 Å². The summed E-state index contributed by atoms with van der Waals surface area (Å²) in [6.45, 7) is 10.6. The van der Waals surface area contributed by atoms with Gasteiger partial charge in [0.2, 0.25) is 0 Å². The first-order chi connectivity index (χ1) is 14.9. The summed E-state index contributed by atoms with van der Waals surface area (Å²) < 4.78 is 5.91. The fraction of sp³-hybridized carbons (Fsp3) is 0.964. The van der Waals surface area contributed by atoms with Crippen LogP contribution in [0.2, 0.25) is 0 Å². The first kappa shape index (κ1) is 24.5. The normalized spacial score (nSPS) is 44.2. The van der Waals surface area contributed by atoms with Crippen LogP contribution in [-0.4, -0.2) is 62.1 Å². The quantitative estimate of drug-likeness (QED) is 0.525. The lowest BCUT2D eigenvalue weighted by Crippen LogP contribution is -2.57. The van der Waals surface area contributed by atoms with Crippen LogP contribution >= 0.6 is 0 Å². The predicted octanol–water partition coefficient (Wildman–Crippen LogP) is 5.46. The third kappa shape index (κ3) is 3.96. The number of rotatable bonds is 5. The van der Waals surface area contributed by atoms with Crippen molar-refractivity contribution in [3.63, 3.8) is 0 Å². The van der Waals surface area contributed by atoms with Crippen LogP contribution in [0, 0.1) is 40.4 Å². The maximum Gasteiger partial charge on any atom is 0.320 e. The summed E-state index contributed by atoms with van der Waals surface area (Å²) in [6.07, 6.45) is 11.9. The van der Waals surface area contributed by atoms with E-state index in [4.69, 9.17) is 4.74 Å². The molecule has 0 N–H and O–H groups in total. The molecule has 0 amide bonds. The van der Waals surface area contributed by atoms with Crippen LogP contribution in [-0.2, 0) is 9.53 Å². The number of carbonyl (C=O) groups is 1. The average Bonchev–Trinajstić information content (AvgIpc) is 3.05. The number of esters is 1. The van der Waals surface area contributed by atoms with E-state index in [1.165, 1.54) is 44.9 Å². The number of hydrogen-bond acceptors (Lipinski definition) is 4. The predicted molar refractivity (Wildman–Crippen MR) is 131 cm³/mol. The van der Waals surface area contributed by atoms with Crippen molar-refractivity contribution in [1.82, 2.24) is 9.80 Å². The summed E-state index contributed by atoms with van der Waals surface area (Å²) in [5.41, 5.74) is 1.22. The molecular weight excluding hydrogens is 396 g/mol. The molecule has 0 bridgehead atoms. The molecule has 0 radical (unpaired) electrons. The van der Waals surface area contributed by atoms with Gasteiger partial charge in [-0.25, -0.2) is 0 Å². The zero-order valence-corrected chi connectivity index (χ0v) is 22.2. The molecule has 0 spiro atoms. The minimum atomic E-state index is -0.0498. The molecular formula is C28H50N2O2. The molecule has 0 aliphatic heterocycles. The highest BCUT2D eigenvalue weighted by Crippen LogP contribution is 2.68. The third-order valence-electron chi connectivity index (χ3n) is 11.4. The van der Waals surface area contributed by atoms with Gasteiger partial charge in [-0.2, -0.15) is 0 Å². The van der Waals surface area contributed by atoms with Gasteiger partial charge in [-0.05, 0) is 140 Å². The molecule has 4 aliphatic carbocycles. The lowest BCUT2D eigenvalue weighted by atomic mass is 9.44. The highest BCUT2D eigenvalue weighted by Gasteiger charge is 2.62. The Kier molecular flexibility index (Phi) is 6.55. The van der Waals surface area contributed by atoms with Crippen molar-refractivity contribution in [2.75, 3.05) is 34.7 Å². The molecule has 4 fully saturated rings. The lowest BCUT2D eigenvalue weighted by Gasteiger charge is -2.62. The molecule has 32 heavy (non-hydrogen) atoms. The SMILES string of the molecule is CN(C)CC(=O)O[C@@H]1CC[C@@]2(C)[C@H](CC[C@@H]3[C@@H]2CC[C@]2(C)[C@@H](C(C)(C)N(C)C)CC[C@@H]32)C1. The van der Waals surface area contributed by atoms with E-state index in [1.807, 2.05) is 19.0 Å². The van der Waals surface area contributed by atoms with E-state index in [9.17, 15) is 4.79 Å². The summed E-state index contributed by atoms with van der Waals surface area (Å²) in [5, 5.41) is 0. The van der Waals surface area contributed by atoms with Gasteiger partial charge in [-0.1, -0.05) is 13.8 Å². The van der Waals surface area contributed by atoms with Crippen LogP contribution in [0.3, 0.4) is 0 Å². The van der Waals surface area contributed by atoms with Gasteiger partial charge >= 0.3 is 5.97 Å². The summed E-state index contributed by atoms with van der Waals surface area (Å²) in [5.74, 6) is 4.16. The van der Waals surface area contributed by atoms with Gasteiger partial charge in [0.15, 0.2) is 0 Å². The second kappa shape index (κ2) is 8.56. The highest BCUT2D eigenvalue weighted by molar-refractivity contribution is 5.71. The van der Waals surface area contributed by atoms with Crippen LogP contribution in [0.25, 0.3) is 0 Å². The standard InChI is InChI=1S/C28H50N2O2/c1-26(2,30(7)8)24-12-11-22-21-10-9-19-17-20(32-25(31)18-29(5)6)13-15-27(19,3)23(21)14-16-28(22,24)4/h19-24H,9-18H2,1-8H3/t19-,20-,21+,22+,23+,24-,27+,28+/m1/s1. The van der Waals surface area contributed by atoms with Gasteiger partial charge in [0, 0.05) is 5.54 Å². The molecule has 4 nitrogen and oxygen atoms in total. The van der Waals surface area contributed by atoms with Gasteiger partial charge in [-0.15, -0.1) is 0 Å². The number of ether oxygens (including phenoxy) is 1. The molecule has 184 valence electrons. The Morgan fingerprint density at radius 3 is 2.22 bits per heavy atom. The molecule has 8 atom stereocenters. The number of hydrogen-bond donors (Lipinski definition) is 0. The van der Waals surface area contributed by atoms with Gasteiger partial charge in [0.05, 0.1) is 6.54 Å². The monoisotopic (exact) mass is 446 g/mol. The first-order valence-corrected chi connectivity index (χ1v) is 13.4. The summed E-state index contributed by atoms with van der Waals surface area (Å²) in [7, 11) is 8.42. The second-order valence-corrected chi connectivity index (χ2v) is 13.5. The van der Waals surface area contributed by atoms with E-state index in [2.05, 4.69) is 46.7 Å². The number of fused-ring (bicyclic) bond motifs is 5. The summed E-state index contributed by atoms with van der Waals surface area (Å²) in [6, 6.07) is 0. The van der Waals surface area contributed by atoms with Gasteiger partial charge in [0.25, 0.3) is 0 Å². The smallest absolute Gasteiger partial charge is 0.320 e. The van der Waals surface area contributed by atoms with E-state index in [1.54, 1.807) is 0 Å². The molecule has 4 rings (SSSR count). The van der Waals surface area contributed by atoms with E-state index in [0.717, 1.165) is 42.4 Å². The highest BCUT2D eigenvalue weighted by atomic mass is 16.5. The second-order valence-electron chi connectivity index (χ2n) is 13.5. The Morgan fingerprint density at radius 1 is 0.906 bits per heavy atom. The molecule has 0 aromatic rings. The van der Waals surface area contributed by atoms with Crippen molar-refractivity contribution >= 4 is 5.97 Å². The zero-order chi connectivity index (χ0) is 23.5.